The van der Waals surface area contributed by atoms with Crippen LogP contribution >= 0.6 is 11.3 Å². The minimum absolute atomic E-state index is 0.0328. The van der Waals surface area contributed by atoms with Crippen molar-refractivity contribution in [1.29, 1.82) is 0 Å². The van der Waals surface area contributed by atoms with Crippen molar-refractivity contribution in [3.8, 4) is 0 Å². The molecular formula is C18H22N4O2S. The number of amides is 2. The molecule has 1 aliphatic rings. The SMILES string of the molecule is CC(=O)N1CCC[C@H]1c1nc(C)ncc1CNC(=O)c1sccc1C. The number of hydrogen-bond acceptors (Lipinski definition) is 5. The summed E-state index contributed by atoms with van der Waals surface area (Å²) in [4.78, 5) is 35.7. The van der Waals surface area contributed by atoms with Crippen molar-refractivity contribution in [3.05, 3.63) is 45.2 Å². The molecule has 1 atom stereocenters. The maximum Gasteiger partial charge on any atom is 0.261 e. The molecule has 1 aliphatic heterocycles. The fraction of sp³-hybridized carbons (Fsp3) is 0.444. The highest BCUT2D eigenvalue weighted by molar-refractivity contribution is 7.12. The van der Waals surface area contributed by atoms with Gasteiger partial charge in [0, 0.05) is 31.8 Å². The Morgan fingerprint density at radius 3 is 2.88 bits per heavy atom. The van der Waals surface area contributed by atoms with Gasteiger partial charge in [-0.05, 0) is 43.7 Å². The Morgan fingerprint density at radius 1 is 1.40 bits per heavy atom. The fourth-order valence-corrected chi connectivity index (χ4v) is 4.07. The van der Waals surface area contributed by atoms with Crippen LogP contribution in [0.3, 0.4) is 0 Å². The van der Waals surface area contributed by atoms with Crippen LogP contribution in [0.15, 0.2) is 17.6 Å². The van der Waals surface area contributed by atoms with Gasteiger partial charge in [0.2, 0.25) is 5.91 Å². The van der Waals surface area contributed by atoms with Gasteiger partial charge in [-0.1, -0.05) is 0 Å². The third-order valence-corrected chi connectivity index (χ3v) is 5.51. The number of aryl methyl sites for hydroxylation is 2. The highest BCUT2D eigenvalue weighted by atomic mass is 32.1. The summed E-state index contributed by atoms with van der Waals surface area (Å²) < 4.78 is 0. The van der Waals surface area contributed by atoms with Crippen LogP contribution in [-0.2, 0) is 11.3 Å². The molecule has 0 radical (unpaired) electrons. The van der Waals surface area contributed by atoms with E-state index in [1.54, 1.807) is 13.1 Å². The van der Waals surface area contributed by atoms with E-state index in [9.17, 15) is 9.59 Å². The average Bonchev–Trinajstić information content (AvgIpc) is 3.22. The van der Waals surface area contributed by atoms with E-state index in [-0.39, 0.29) is 17.9 Å². The van der Waals surface area contributed by atoms with Gasteiger partial charge in [0.1, 0.15) is 5.82 Å². The minimum Gasteiger partial charge on any atom is -0.347 e. The van der Waals surface area contributed by atoms with Crippen LogP contribution in [0.5, 0.6) is 0 Å². The summed E-state index contributed by atoms with van der Waals surface area (Å²) >= 11 is 1.43. The number of carbonyl (C=O) groups is 2. The highest BCUT2D eigenvalue weighted by Crippen LogP contribution is 2.32. The van der Waals surface area contributed by atoms with E-state index in [2.05, 4.69) is 15.3 Å². The average molecular weight is 358 g/mol. The number of aromatic nitrogens is 2. The number of nitrogens with zero attached hydrogens (tertiary/aromatic N) is 3. The zero-order valence-corrected chi connectivity index (χ0v) is 15.5. The van der Waals surface area contributed by atoms with Crippen LogP contribution in [0.25, 0.3) is 0 Å². The van der Waals surface area contributed by atoms with Gasteiger partial charge in [-0.3, -0.25) is 9.59 Å². The second-order valence-corrected chi connectivity index (χ2v) is 7.23. The maximum atomic E-state index is 12.4. The van der Waals surface area contributed by atoms with Crippen molar-refractivity contribution < 1.29 is 9.59 Å². The summed E-state index contributed by atoms with van der Waals surface area (Å²) in [5.41, 5.74) is 2.69. The molecule has 0 spiro atoms. The van der Waals surface area contributed by atoms with E-state index in [1.807, 2.05) is 30.2 Å². The molecule has 2 aromatic rings. The van der Waals surface area contributed by atoms with Crippen LogP contribution in [-0.4, -0.2) is 33.2 Å². The molecule has 0 aromatic carbocycles. The van der Waals surface area contributed by atoms with Gasteiger partial charge >= 0.3 is 0 Å². The quantitative estimate of drug-likeness (QED) is 0.912. The molecule has 0 saturated carbocycles. The second kappa shape index (κ2) is 7.31. The predicted octanol–water partition coefficient (Wildman–Crippen LogP) is 2.77. The van der Waals surface area contributed by atoms with Crippen molar-refractivity contribution in [2.24, 2.45) is 0 Å². The molecule has 2 aromatic heterocycles. The lowest BCUT2D eigenvalue weighted by atomic mass is 10.1. The van der Waals surface area contributed by atoms with E-state index in [1.165, 1.54) is 11.3 Å². The number of hydrogen-bond donors (Lipinski definition) is 1. The Bertz CT molecular complexity index is 802. The first-order valence-electron chi connectivity index (χ1n) is 8.39. The van der Waals surface area contributed by atoms with Gasteiger partial charge in [-0.15, -0.1) is 11.3 Å². The van der Waals surface area contributed by atoms with Crippen molar-refractivity contribution in [2.45, 2.75) is 46.2 Å². The van der Waals surface area contributed by atoms with Gasteiger partial charge in [-0.2, -0.15) is 0 Å². The summed E-state index contributed by atoms with van der Waals surface area (Å²) in [6.45, 7) is 6.47. The van der Waals surface area contributed by atoms with E-state index >= 15 is 0 Å². The molecule has 0 unspecified atom stereocenters. The Labute approximate surface area is 151 Å². The Morgan fingerprint density at radius 2 is 2.20 bits per heavy atom. The zero-order valence-electron chi connectivity index (χ0n) is 14.7. The summed E-state index contributed by atoms with van der Waals surface area (Å²) in [5.74, 6) is 0.645. The van der Waals surface area contributed by atoms with Crippen molar-refractivity contribution in [2.75, 3.05) is 6.54 Å². The van der Waals surface area contributed by atoms with Crippen LogP contribution in [0.2, 0.25) is 0 Å². The molecular weight excluding hydrogens is 336 g/mol. The fourth-order valence-electron chi connectivity index (χ4n) is 3.23. The molecule has 3 heterocycles. The highest BCUT2D eigenvalue weighted by Gasteiger charge is 2.31. The van der Waals surface area contributed by atoms with Crippen LogP contribution in [0.1, 0.15) is 58.1 Å². The van der Waals surface area contributed by atoms with Gasteiger partial charge in [0.05, 0.1) is 16.6 Å². The summed E-state index contributed by atoms with van der Waals surface area (Å²) in [6, 6.07) is 1.90. The zero-order chi connectivity index (χ0) is 18.0. The first-order chi connectivity index (χ1) is 12.0. The third kappa shape index (κ3) is 3.71. The third-order valence-electron chi connectivity index (χ3n) is 4.50. The molecule has 1 N–H and O–H groups in total. The van der Waals surface area contributed by atoms with Crippen LogP contribution in [0, 0.1) is 13.8 Å². The van der Waals surface area contributed by atoms with E-state index in [4.69, 9.17) is 0 Å². The largest absolute Gasteiger partial charge is 0.347 e. The van der Waals surface area contributed by atoms with Crippen molar-refractivity contribution in [1.82, 2.24) is 20.2 Å². The Kier molecular flexibility index (Phi) is 5.13. The number of rotatable bonds is 4. The summed E-state index contributed by atoms with van der Waals surface area (Å²) in [6.07, 6.45) is 3.62. The first-order valence-corrected chi connectivity index (χ1v) is 9.27. The number of likely N-dealkylation sites (tertiary alicyclic amines) is 1. The maximum absolute atomic E-state index is 12.4. The number of carbonyl (C=O) groups excluding carboxylic acids is 2. The van der Waals surface area contributed by atoms with E-state index in [0.717, 1.165) is 41.1 Å². The van der Waals surface area contributed by atoms with Gasteiger partial charge in [-0.25, -0.2) is 9.97 Å². The Hall–Kier alpha value is -2.28. The van der Waals surface area contributed by atoms with E-state index in [0.29, 0.717) is 12.4 Å². The molecule has 1 fully saturated rings. The number of thiophene rings is 1. The lowest BCUT2D eigenvalue weighted by Crippen LogP contribution is -2.30. The van der Waals surface area contributed by atoms with Crippen molar-refractivity contribution in [3.63, 3.8) is 0 Å². The standard InChI is InChI=1S/C18H22N4O2S/c1-11-6-8-25-17(11)18(24)20-10-14-9-19-12(2)21-16(14)15-5-4-7-22(15)13(3)23/h6,8-9,15H,4-5,7,10H2,1-3H3,(H,20,24)/t15-/m0/s1. The monoisotopic (exact) mass is 358 g/mol. The van der Waals surface area contributed by atoms with E-state index < -0.39 is 0 Å². The molecule has 3 rings (SSSR count). The van der Waals surface area contributed by atoms with Crippen LogP contribution in [0.4, 0.5) is 0 Å². The van der Waals surface area contributed by atoms with Gasteiger partial charge in [0.15, 0.2) is 0 Å². The van der Waals surface area contributed by atoms with Crippen molar-refractivity contribution >= 4 is 23.2 Å². The minimum atomic E-state index is -0.0890. The van der Waals surface area contributed by atoms with Gasteiger partial charge < -0.3 is 10.2 Å². The van der Waals surface area contributed by atoms with Gasteiger partial charge in [0.25, 0.3) is 5.91 Å². The first kappa shape index (κ1) is 17.5. The molecule has 6 nitrogen and oxygen atoms in total. The summed E-state index contributed by atoms with van der Waals surface area (Å²) in [5, 5.41) is 4.87. The molecule has 7 heteroatoms. The molecule has 132 valence electrons. The topological polar surface area (TPSA) is 75.2 Å². The molecule has 0 aliphatic carbocycles. The predicted molar refractivity (Wildman–Crippen MR) is 96.4 cm³/mol. The Balaban J connectivity index is 1.81. The second-order valence-electron chi connectivity index (χ2n) is 6.31. The molecule has 1 saturated heterocycles. The molecule has 25 heavy (non-hydrogen) atoms. The smallest absolute Gasteiger partial charge is 0.261 e. The molecule has 2 amide bonds. The molecule has 0 bridgehead atoms. The van der Waals surface area contributed by atoms with Crippen LogP contribution < -0.4 is 5.32 Å². The summed E-state index contributed by atoms with van der Waals surface area (Å²) in [7, 11) is 0. The lowest BCUT2D eigenvalue weighted by molar-refractivity contribution is -0.129. The normalized spacial score (nSPS) is 16.9. The lowest BCUT2D eigenvalue weighted by Gasteiger charge is -2.25. The number of nitrogens with one attached hydrogen (secondary N) is 1.